The number of carbonyl (C=O) groups is 1. The summed E-state index contributed by atoms with van der Waals surface area (Å²) < 4.78 is 23.8. The van der Waals surface area contributed by atoms with E-state index in [1.54, 1.807) is 35.2 Å². The predicted octanol–water partition coefficient (Wildman–Crippen LogP) is 9.72. The Balaban J connectivity index is 1.11. The van der Waals surface area contributed by atoms with E-state index in [1.807, 2.05) is 152 Å². The van der Waals surface area contributed by atoms with Gasteiger partial charge in [-0.3, -0.25) is 9.36 Å². The minimum Gasteiger partial charge on any atom is -0.386 e. The number of anilines is 1. The fraction of sp³-hybridized carbons (Fsp3) is 0.127. The highest BCUT2D eigenvalue weighted by atomic mass is 16.6. The summed E-state index contributed by atoms with van der Waals surface area (Å²) in [5.41, 5.74) is 4.14. The van der Waals surface area contributed by atoms with E-state index in [0.717, 1.165) is 33.4 Å². The van der Waals surface area contributed by atoms with Gasteiger partial charge in [-0.25, -0.2) is 15.0 Å². The Morgan fingerprint density at radius 2 is 0.985 bits per heavy atom. The zero-order valence-corrected chi connectivity index (χ0v) is 35.2. The first-order valence-corrected chi connectivity index (χ1v) is 21.6. The molecule has 9 aromatic rings. The first-order valence-electron chi connectivity index (χ1n) is 21.6. The lowest BCUT2D eigenvalue weighted by Crippen LogP contribution is -2.46. The maximum absolute atomic E-state index is 13.3. The van der Waals surface area contributed by atoms with Gasteiger partial charge in [0.15, 0.2) is 23.2 Å². The Kier molecular flexibility index (Phi) is 11.6. The van der Waals surface area contributed by atoms with Crippen molar-refractivity contribution in [2.45, 2.75) is 35.7 Å². The maximum atomic E-state index is 13.3. The second-order valence-corrected chi connectivity index (χ2v) is 15.9. The molecule has 1 fully saturated rings. The standard InChI is InChI=1S/C55H45N5O5/c61-48-49(65-55(43-30-16-5-17-31-43,44-32-18-6-19-33-44)45-34-20-7-21-35-45)46(36-63-54(40-24-10-2-11-25-40,41-26-12-3-13-27-41)42-28-14-4-15-29-42)64-53(48)60-38-58-47-50(56-37-57-51(47)60)59-52(62)39-22-8-1-9-23-39/h1-35,37-38,46,48-49,53,61H,36H2,(H,56,57,59,62)/t46-,48-,49-,53-/m1/s1. The van der Waals surface area contributed by atoms with Crippen molar-refractivity contribution in [1.29, 1.82) is 0 Å². The van der Waals surface area contributed by atoms with Crippen LogP contribution in [0.2, 0.25) is 0 Å². The fourth-order valence-corrected chi connectivity index (χ4v) is 9.03. The van der Waals surface area contributed by atoms with Crippen LogP contribution in [0.4, 0.5) is 5.82 Å². The number of aliphatic hydroxyl groups is 1. The molecule has 0 saturated carbocycles. The fourth-order valence-electron chi connectivity index (χ4n) is 9.03. The van der Waals surface area contributed by atoms with Crippen molar-refractivity contribution in [1.82, 2.24) is 19.5 Å². The number of amides is 1. The summed E-state index contributed by atoms with van der Waals surface area (Å²) in [5.74, 6) is -0.127. The summed E-state index contributed by atoms with van der Waals surface area (Å²) in [6.45, 7) is -0.0225. The first kappa shape index (κ1) is 41.4. The SMILES string of the molecule is O=C(Nc1ncnc2c1ncn2[C@@H]1O[C@H](COC(c2ccccc2)(c2ccccc2)c2ccccc2)[C@@H](OC(c2ccccc2)(c2ccccc2)c2ccccc2)[C@H]1O)c1ccccc1. The van der Waals surface area contributed by atoms with Crippen molar-refractivity contribution < 1.29 is 24.1 Å². The molecular formula is C55H45N5O5. The molecule has 1 aliphatic rings. The van der Waals surface area contributed by atoms with E-state index in [0.29, 0.717) is 16.7 Å². The lowest BCUT2D eigenvalue weighted by molar-refractivity contribution is -0.131. The van der Waals surface area contributed by atoms with Gasteiger partial charge in [-0.05, 0) is 45.5 Å². The molecule has 10 rings (SSSR count). The summed E-state index contributed by atoms with van der Waals surface area (Å²) in [4.78, 5) is 27.0. The Morgan fingerprint density at radius 1 is 0.569 bits per heavy atom. The van der Waals surface area contributed by atoms with Crippen LogP contribution in [0.1, 0.15) is 50.0 Å². The lowest BCUT2D eigenvalue weighted by atomic mass is 9.79. The Morgan fingerprint density at radius 3 is 1.43 bits per heavy atom. The highest BCUT2D eigenvalue weighted by Gasteiger charge is 2.52. The normalized spacial score (nSPS) is 17.5. The van der Waals surface area contributed by atoms with Gasteiger partial charge >= 0.3 is 0 Å². The molecule has 7 aromatic carbocycles. The molecule has 320 valence electrons. The molecule has 10 nitrogen and oxygen atoms in total. The largest absolute Gasteiger partial charge is 0.386 e. The number of rotatable bonds is 14. The van der Waals surface area contributed by atoms with Gasteiger partial charge in [0.25, 0.3) is 5.91 Å². The van der Waals surface area contributed by atoms with E-state index in [2.05, 4.69) is 56.7 Å². The van der Waals surface area contributed by atoms with Gasteiger partial charge in [0.1, 0.15) is 35.8 Å². The van der Waals surface area contributed by atoms with Crippen molar-refractivity contribution in [3.05, 3.63) is 264 Å². The average molecular weight is 856 g/mol. The number of ether oxygens (including phenoxy) is 3. The number of hydrogen-bond donors (Lipinski definition) is 2. The van der Waals surface area contributed by atoms with Gasteiger partial charge in [0, 0.05) is 5.56 Å². The van der Waals surface area contributed by atoms with Crippen LogP contribution in [0.5, 0.6) is 0 Å². The molecule has 2 aromatic heterocycles. The minimum absolute atomic E-state index is 0.0225. The van der Waals surface area contributed by atoms with Crippen molar-refractivity contribution in [3.8, 4) is 0 Å². The van der Waals surface area contributed by atoms with Gasteiger partial charge in [0.05, 0.1) is 12.9 Å². The van der Waals surface area contributed by atoms with Crippen molar-refractivity contribution in [2.24, 2.45) is 0 Å². The molecule has 4 atom stereocenters. The summed E-state index contributed by atoms with van der Waals surface area (Å²) in [5, 5.41) is 15.8. The third kappa shape index (κ3) is 7.79. The van der Waals surface area contributed by atoms with E-state index in [-0.39, 0.29) is 18.3 Å². The predicted molar refractivity (Wildman–Crippen MR) is 249 cm³/mol. The van der Waals surface area contributed by atoms with Gasteiger partial charge in [-0.2, -0.15) is 0 Å². The lowest BCUT2D eigenvalue weighted by Gasteiger charge is -2.41. The molecule has 65 heavy (non-hydrogen) atoms. The molecular weight excluding hydrogens is 811 g/mol. The second-order valence-electron chi connectivity index (χ2n) is 15.9. The topological polar surface area (TPSA) is 121 Å². The number of hydrogen-bond acceptors (Lipinski definition) is 8. The van der Waals surface area contributed by atoms with Crippen molar-refractivity contribution in [2.75, 3.05) is 11.9 Å². The quantitative estimate of drug-likeness (QED) is 0.104. The third-order valence-corrected chi connectivity index (χ3v) is 12.1. The van der Waals surface area contributed by atoms with Gasteiger partial charge < -0.3 is 24.6 Å². The van der Waals surface area contributed by atoms with Crippen LogP contribution in [0.25, 0.3) is 11.2 Å². The van der Waals surface area contributed by atoms with Gasteiger partial charge in [-0.1, -0.05) is 200 Å². The molecule has 0 unspecified atom stereocenters. The molecule has 3 heterocycles. The molecule has 1 amide bonds. The number of fused-ring (bicyclic) bond motifs is 1. The van der Waals surface area contributed by atoms with Crippen LogP contribution in [0, 0.1) is 0 Å². The molecule has 1 saturated heterocycles. The highest BCUT2D eigenvalue weighted by molar-refractivity contribution is 6.06. The number of nitrogens with one attached hydrogen (secondary N) is 1. The summed E-state index contributed by atoms with van der Waals surface area (Å²) in [6.07, 6.45) is -1.35. The van der Waals surface area contributed by atoms with E-state index in [1.165, 1.54) is 6.33 Å². The Labute approximate surface area is 376 Å². The minimum atomic E-state index is -1.30. The maximum Gasteiger partial charge on any atom is 0.256 e. The first-order chi connectivity index (χ1) is 32.1. The number of carbonyl (C=O) groups excluding carboxylic acids is 1. The third-order valence-electron chi connectivity index (χ3n) is 12.1. The number of aromatic nitrogens is 4. The van der Waals surface area contributed by atoms with Crippen LogP contribution in [-0.4, -0.2) is 55.5 Å². The zero-order chi connectivity index (χ0) is 44.1. The smallest absolute Gasteiger partial charge is 0.256 e. The Hall–Kier alpha value is -7.60. The molecule has 0 spiro atoms. The number of aliphatic hydroxyl groups excluding tert-OH is 1. The van der Waals surface area contributed by atoms with Crippen molar-refractivity contribution >= 4 is 22.9 Å². The van der Waals surface area contributed by atoms with Crippen LogP contribution in [0.15, 0.2) is 225 Å². The summed E-state index contributed by atoms with van der Waals surface area (Å²) in [6, 6.07) is 69.4. The van der Waals surface area contributed by atoms with Crippen molar-refractivity contribution in [3.63, 3.8) is 0 Å². The van der Waals surface area contributed by atoms with Gasteiger partial charge in [0.2, 0.25) is 0 Å². The molecule has 2 N–H and O–H groups in total. The molecule has 10 heteroatoms. The number of benzene rings is 7. The highest BCUT2D eigenvalue weighted by Crippen LogP contribution is 2.47. The molecule has 0 radical (unpaired) electrons. The van der Waals surface area contributed by atoms with Crippen LogP contribution >= 0.6 is 0 Å². The number of nitrogens with zero attached hydrogens (tertiary/aromatic N) is 4. The van der Waals surface area contributed by atoms with E-state index >= 15 is 0 Å². The number of imidazole rings is 1. The van der Waals surface area contributed by atoms with E-state index in [9.17, 15) is 9.90 Å². The average Bonchev–Trinajstić information content (AvgIpc) is 3.95. The molecule has 1 aliphatic heterocycles. The summed E-state index contributed by atoms with van der Waals surface area (Å²) >= 11 is 0. The monoisotopic (exact) mass is 855 g/mol. The van der Waals surface area contributed by atoms with Crippen LogP contribution < -0.4 is 5.32 Å². The summed E-state index contributed by atoms with van der Waals surface area (Å²) in [7, 11) is 0. The van der Waals surface area contributed by atoms with Crippen LogP contribution in [-0.2, 0) is 25.4 Å². The van der Waals surface area contributed by atoms with E-state index < -0.39 is 35.7 Å². The van der Waals surface area contributed by atoms with E-state index in [4.69, 9.17) is 14.2 Å². The second kappa shape index (κ2) is 18.2. The molecule has 0 bridgehead atoms. The van der Waals surface area contributed by atoms with Gasteiger partial charge in [-0.15, -0.1) is 0 Å². The van der Waals surface area contributed by atoms with Crippen LogP contribution in [0.3, 0.4) is 0 Å². The zero-order valence-electron chi connectivity index (χ0n) is 35.2. The molecule has 0 aliphatic carbocycles. The Bertz CT molecular complexity index is 2770.